The summed E-state index contributed by atoms with van der Waals surface area (Å²) in [5.74, 6) is -4.25. The van der Waals surface area contributed by atoms with E-state index in [1.807, 2.05) is 53.7 Å². The molecule has 22 heteroatoms. The first-order chi connectivity index (χ1) is 35.7. The number of carbonyl (C=O) groups excluding carboxylic acids is 9. The Morgan fingerprint density at radius 1 is 0.579 bits per heavy atom. The smallest absolute Gasteiger partial charge is 0.407 e. The predicted molar refractivity (Wildman–Crippen MR) is 279 cm³/mol. The molecule has 422 valence electrons. The third-order valence-corrected chi connectivity index (χ3v) is 11.8. The number of nitrogens with one attached hydrogen (secondary N) is 1. The Morgan fingerprint density at radius 3 is 1.51 bits per heavy atom. The van der Waals surface area contributed by atoms with Crippen LogP contribution in [0.1, 0.15) is 138 Å². The van der Waals surface area contributed by atoms with Crippen LogP contribution < -0.4 is 10.1 Å². The minimum absolute atomic E-state index is 0.00112. The number of benzene rings is 2. The van der Waals surface area contributed by atoms with Gasteiger partial charge in [-0.25, -0.2) is 14.4 Å². The maximum Gasteiger partial charge on any atom is 0.407 e. The lowest BCUT2D eigenvalue weighted by Gasteiger charge is -2.20. The number of ether oxygens (including phenoxy) is 7. The van der Waals surface area contributed by atoms with Crippen molar-refractivity contribution >= 4 is 77.1 Å². The van der Waals surface area contributed by atoms with Gasteiger partial charge in [0.25, 0.3) is 0 Å². The summed E-state index contributed by atoms with van der Waals surface area (Å²) in [5.41, 5.74) is -1.23. The summed E-state index contributed by atoms with van der Waals surface area (Å²) in [7, 11) is 0. The Hall–Kier alpha value is -7.10. The molecule has 0 saturated carbocycles. The van der Waals surface area contributed by atoms with Crippen LogP contribution in [0.15, 0.2) is 76.1 Å². The molecule has 0 aliphatic rings. The van der Waals surface area contributed by atoms with Gasteiger partial charge in [0.05, 0.1) is 55.1 Å². The average Bonchev–Trinajstić information content (AvgIpc) is 3.40. The highest BCUT2D eigenvalue weighted by Gasteiger charge is 2.29. The number of oxime groups is 1. The number of nitrogens with zero attached hydrogens (tertiary/aromatic N) is 1. The molecule has 0 unspecified atom stereocenters. The van der Waals surface area contributed by atoms with Crippen LogP contribution in [0.25, 0.3) is 0 Å². The summed E-state index contributed by atoms with van der Waals surface area (Å²) >= 11 is 1.49. The van der Waals surface area contributed by atoms with E-state index in [1.165, 1.54) is 18.7 Å². The van der Waals surface area contributed by atoms with Crippen LogP contribution in [0.5, 0.6) is 5.75 Å². The second-order valence-electron chi connectivity index (χ2n) is 18.2. The van der Waals surface area contributed by atoms with Gasteiger partial charge in [0.15, 0.2) is 0 Å². The number of carboxylic acid groups (broad SMARTS) is 1. The minimum Gasteiger partial charge on any atom is -0.481 e. The molecular formula is C54H76N2O19S. The summed E-state index contributed by atoms with van der Waals surface area (Å²) in [6.45, 7) is 23.4. The number of hydrogen-bond donors (Lipinski definition) is 2. The van der Waals surface area contributed by atoms with Crippen LogP contribution in [-0.2, 0) is 71.6 Å². The maximum absolute atomic E-state index is 12.6. The van der Waals surface area contributed by atoms with Gasteiger partial charge < -0.3 is 48.4 Å². The van der Waals surface area contributed by atoms with Gasteiger partial charge in [-0.2, -0.15) is 0 Å². The fourth-order valence-corrected chi connectivity index (χ4v) is 5.43. The molecule has 0 atom stereocenters. The van der Waals surface area contributed by atoms with E-state index in [0.717, 1.165) is 15.9 Å². The monoisotopic (exact) mass is 1090 g/mol. The lowest BCUT2D eigenvalue weighted by Crippen LogP contribution is -2.31. The van der Waals surface area contributed by atoms with Gasteiger partial charge in [-0.3, -0.25) is 33.6 Å². The van der Waals surface area contributed by atoms with Crippen LogP contribution in [0.2, 0.25) is 0 Å². The molecule has 0 aliphatic heterocycles. The van der Waals surface area contributed by atoms with Crippen molar-refractivity contribution in [3.8, 4) is 5.75 Å². The highest BCUT2D eigenvalue weighted by Crippen LogP contribution is 2.31. The molecule has 0 aliphatic carbocycles. The number of hydrogen-bond acceptors (Lipinski definition) is 20. The molecule has 0 heterocycles. The third-order valence-electron chi connectivity index (χ3n) is 10.8. The van der Waals surface area contributed by atoms with Gasteiger partial charge in [-0.1, -0.05) is 51.2 Å². The molecule has 2 N–H and O–H groups in total. The molecule has 2 aromatic rings. The number of carboxylic acids is 1. The number of alkyl carbamates (subject to hydrolysis) is 1. The van der Waals surface area contributed by atoms with Crippen LogP contribution in [0, 0.1) is 16.2 Å². The number of Topliss-reactive ketones (excluding diaryl/α,β-unsaturated/α-hetero) is 1. The number of amides is 1. The van der Waals surface area contributed by atoms with Crippen molar-refractivity contribution in [1.29, 1.82) is 0 Å². The summed E-state index contributed by atoms with van der Waals surface area (Å²) in [6.07, 6.45) is 2.34. The first-order valence-electron chi connectivity index (χ1n) is 24.6. The van der Waals surface area contributed by atoms with E-state index in [9.17, 15) is 47.9 Å². The van der Waals surface area contributed by atoms with E-state index in [0.29, 0.717) is 43.6 Å². The summed E-state index contributed by atoms with van der Waals surface area (Å²) in [4.78, 5) is 121. The van der Waals surface area contributed by atoms with Gasteiger partial charge in [0.1, 0.15) is 44.5 Å². The number of esters is 6. The number of carbonyl (C=O) groups is 10. The molecule has 1 amide bonds. The zero-order chi connectivity index (χ0) is 57.9. The second-order valence-corrected chi connectivity index (χ2v) is 19.4. The predicted octanol–water partition coefficient (Wildman–Crippen LogP) is 8.81. The quantitative estimate of drug-likeness (QED) is 0.00850. The normalized spacial score (nSPS) is 11.1. The van der Waals surface area contributed by atoms with E-state index in [4.69, 9.17) is 38.4 Å². The van der Waals surface area contributed by atoms with Gasteiger partial charge in [-0.15, -0.1) is 0 Å². The third kappa shape index (κ3) is 30.3. The largest absolute Gasteiger partial charge is 0.481 e. The van der Waals surface area contributed by atoms with Crippen LogP contribution in [-0.4, -0.2) is 117 Å². The van der Waals surface area contributed by atoms with Gasteiger partial charge >= 0.3 is 53.8 Å². The lowest BCUT2D eigenvalue weighted by atomic mass is 9.91. The molecular weight excluding hydrogens is 1010 g/mol. The van der Waals surface area contributed by atoms with Crippen molar-refractivity contribution in [1.82, 2.24) is 5.32 Å². The van der Waals surface area contributed by atoms with Crippen molar-refractivity contribution in [3.05, 3.63) is 66.7 Å². The van der Waals surface area contributed by atoms with Crippen molar-refractivity contribution in [2.75, 3.05) is 46.2 Å². The Bertz CT molecular complexity index is 2250. The topological polar surface area (TPSA) is 289 Å². The zero-order valence-electron chi connectivity index (χ0n) is 45.7. The van der Waals surface area contributed by atoms with E-state index < -0.39 is 52.2 Å². The molecule has 0 radical (unpaired) electrons. The van der Waals surface area contributed by atoms with Gasteiger partial charge in [-0.05, 0) is 123 Å². The Labute approximate surface area is 449 Å². The summed E-state index contributed by atoms with van der Waals surface area (Å²) in [6, 6.07) is 14.2. The molecule has 2 aromatic carbocycles. The summed E-state index contributed by atoms with van der Waals surface area (Å²) < 4.78 is 34.4. The average molecular weight is 1090 g/mol. The molecule has 2 rings (SSSR count). The lowest BCUT2D eigenvalue weighted by molar-refractivity contribution is -0.159. The SMILES string of the molecule is C=CC(=O)OCCNC(=O)OCCOC(=O)C(C)(C)CC.CCC(C)(C)C(=O)OCCOC(=O)CCC(=O)O.CCCOC(=O)CCC(=O)O/N=C(\C)C(=O)c1ccc(Sc2ccc(OC(=O)C(C)(C)CC)cc2)cc1. The number of aliphatic carboxylic acids is 1. The molecule has 0 fully saturated rings. The van der Waals surface area contributed by atoms with Crippen molar-refractivity contribution in [2.24, 2.45) is 21.4 Å². The van der Waals surface area contributed by atoms with Crippen molar-refractivity contribution in [3.63, 3.8) is 0 Å². The first kappa shape index (κ1) is 68.9. The molecule has 0 saturated heterocycles. The fourth-order valence-electron chi connectivity index (χ4n) is 4.62. The van der Waals surface area contributed by atoms with Crippen LogP contribution in [0.3, 0.4) is 0 Å². The van der Waals surface area contributed by atoms with E-state index in [2.05, 4.69) is 21.8 Å². The molecule has 0 spiro atoms. The Morgan fingerprint density at radius 2 is 1.03 bits per heavy atom. The first-order valence-corrected chi connectivity index (χ1v) is 25.5. The van der Waals surface area contributed by atoms with Gasteiger partial charge in [0, 0.05) is 21.4 Å². The number of rotatable bonds is 30. The number of ketones is 1. The maximum atomic E-state index is 12.6. The Kier molecular flexibility index (Phi) is 33.3. The van der Waals surface area contributed by atoms with Crippen molar-refractivity contribution in [2.45, 2.75) is 137 Å². The van der Waals surface area contributed by atoms with E-state index in [-0.39, 0.29) is 94.7 Å². The highest BCUT2D eigenvalue weighted by atomic mass is 32.2. The zero-order valence-corrected chi connectivity index (χ0v) is 46.5. The van der Waals surface area contributed by atoms with Crippen LogP contribution in [0.4, 0.5) is 4.79 Å². The molecule has 0 bridgehead atoms. The molecule has 76 heavy (non-hydrogen) atoms. The summed E-state index contributed by atoms with van der Waals surface area (Å²) in [5, 5.41) is 14.3. The fraction of sp³-hybridized carbons (Fsp3) is 0.537. The molecule has 21 nitrogen and oxygen atoms in total. The Balaban J connectivity index is 0.00000122. The van der Waals surface area contributed by atoms with E-state index >= 15 is 0 Å². The highest BCUT2D eigenvalue weighted by molar-refractivity contribution is 7.99. The standard InChI is InChI=1S/C28H33NO7S.C14H23NO6.C12H20O6/c1-6-18-34-24(30)16-17-25(31)36-29-19(3)26(32)20-8-12-22(13-9-20)37-23-14-10-21(11-15-23)35-27(33)28(4,5)7-2;1-5-11(16)19-8-7-15-13(18)21-10-9-20-12(17)14(3,4)6-2;1-4-12(2,3)11(16)18-8-7-17-10(15)6-5-9(13)14/h8-15H,6-7,16-18H2,1-5H3;5H,1,6-10H2,2-4H3,(H,15,18);4-8H2,1-3H3,(H,13,14)/b29-19+;;. The second kappa shape index (κ2) is 36.8. The molecule has 0 aromatic heterocycles. The van der Waals surface area contributed by atoms with E-state index in [1.54, 1.807) is 64.1 Å². The van der Waals surface area contributed by atoms with Crippen molar-refractivity contribution < 1.29 is 91.0 Å². The van der Waals surface area contributed by atoms with Crippen LogP contribution >= 0.6 is 11.8 Å². The van der Waals surface area contributed by atoms with Gasteiger partial charge in [0.2, 0.25) is 5.78 Å². The minimum atomic E-state index is -1.05.